The highest BCUT2D eigenvalue weighted by molar-refractivity contribution is 6.33. The van der Waals surface area contributed by atoms with E-state index in [0.717, 1.165) is 42.3 Å². The molecule has 23 heavy (non-hydrogen) atoms. The molecule has 1 unspecified atom stereocenters. The van der Waals surface area contributed by atoms with Crippen molar-refractivity contribution in [3.8, 4) is 11.3 Å². The van der Waals surface area contributed by atoms with Crippen LogP contribution in [0.2, 0.25) is 5.02 Å². The first-order valence-corrected chi connectivity index (χ1v) is 8.50. The Morgan fingerprint density at radius 1 is 1.35 bits per heavy atom. The summed E-state index contributed by atoms with van der Waals surface area (Å²) in [4.78, 5) is 2.47. The van der Waals surface area contributed by atoms with Gasteiger partial charge in [0, 0.05) is 50.0 Å². The summed E-state index contributed by atoms with van der Waals surface area (Å²) in [5, 5.41) is 5.38. The van der Waals surface area contributed by atoms with Crippen molar-refractivity contribution in [2.75, 3.05) is 13.1 Å². The maximum absolute atomic E-state index is 6.37. The molecule has 1 fully saturated rings. The summed E-state index contributed by atoms with van der Waals surface area (Å²) >= 11 is 6.37. The van der Waals surface area contributed by atoms with Crippen LogP contribution in [0.1, 0.15) is 25.8 Å². The van der Waals surface area contributed by atoms with Gasteiger partial charge in [-0.1, -0.05) is 43.6 Å². The highest BCUT2D eigenvalue weighted by atomic mass is 35.5. The molecule has 0 amide bonds. The van der Waals surface area contributed by atoms with Gasteiger partial charge in [-0.05, 0) is 17.9 Å². The van der Waals surface area contributed by atoms with Gasteiger partial charge in [0.05, 0.1) is 10.7 Å². The molecule has 1 atom stereocenters. The summed E-state index contributed by atoms with van der Waals surface area (Å²) in [6.45, 7) is 7.42. The number of benzene rings is 1. The van der Waals surface area contributed by atoms with Crippen molar-refractivity contribution in [3.63, 3.8) is 0 Å². The van der Waals surface area contributed by atoms with Gasteiger partial charge in [0.2, 0.25) is 0 Å². The summed E-state index contributed by atoms with van der Waals surface area (Å²) in [6.07, 6.45) is 3.13. The first-order chi connectivity index (χ1) is 10.9. The lowest BCUT2D eigenvalue weighted by Crippen LogP contribution is -2.52. The van der Waals surface area contributed by atoms with Crippen LogP contribution in [0.5, 0.6) is 0 Å². The molecule has 0 saturated carbocycles. The molecule has 2 heterocycles. The molecule has 1 aromatic heterocycles. The van der Waals surface area contributed by atoms with Crippen molar-refractivity contribution in [2.45, 2.75) is 32.9 Å². The van der Waals surface area contributed by atoms with Gasteiger partial charge < -0.3 is 5.73 Å². The fourth-order valence-electron chi connectivity index (χ4n) is 3.39. The standard InChI is InChI=1S/C18H25ClN4/c1-18(2)12-23(9-8-16(18)20)11-13-10-22(3)21-17(13)14-6-4-5-7-15(14)19/h4-7,10,16H,8-9,11-12,20H2,1-3H3. The van der Waals surface area contributed by atoms with Crippen LogP contribution in [0, 0.1) is 5.41 Å². The molecule has 2 N–H and O–H groups in total. The van der Waals surface area contributed by atoms with E-state index in [9.17, 15) is 0 Å². The Balaban J connectivity index is 1.86. The topological polar surface area (TPSA) is 47.1 Å². The number of hydrogen-bond acceptors (Lipinski definition) is 3. The van der Waals surface area contributed by atoms with Crippen LogP contribution in [0.4, 0.5) is 0 Å². The molecule has 3 rings (SSSR count). The average Bonchev–Trinajstić information content (AvgIpc) is 2.83. The monoisotopic (exact) mass is 332 g/mol. The number of rotatable bonds is 3. The van der Waals surface area contributed by atoms with E-state index < -0.39 is 0 Å². The normalized spacial score (nSPS) is 21.5. The minimum atomic E-state index is 0.144. The third kappa shape index (κ3) is 3.44. The van der Waals surface area contributed by atoms with E-state index in [-0.39, 0.29) is 11.5 Å². The second kappa shape index (κ2) is 6.27. The van der Waals surface area contributed by atoms with Gasteiger partial charge in [-0.25, -0.2) is 0 Å². The molecule has 1 aliphatic heterocycles. The number of aromatic nitrogens is 2. The molecular weight excluding hydrogens is 308 g/mol. The predicted molar refractivity (Wildman–Crippen MR) is 95.3 cm³/mol. The van der Waals surface area contributed by atoms with Gasteiger partial charge in [0.15, 0.2) is 0 Å². The zero-order valence-corrected chi connectivity index (χ0v) is 14.8. The van der Waals surface area contributed by atoms with Crippen molar-refractivity contribution < 1.29 is 0 Å². The fourth-order valence-corrected chi connectivity index (χ4v) is 3.62. The largest absolute Gasteiger partial charge is 0.327 e. The number of aryl methyl sites for hydroxylation is 1. The average molecular weight is 333 g/mol. The van der Waals surface area contributed by atoms with Crippen LogP contribution in [0.3, 0.4) is 0 Å². The summed E-state index contributed by atoms with van der Waals surface area (Å²) in [6, 6.07) is 8.17. The Bertz CT molecular complexity index is 692. The maximum Gasteiger partial charge on any atom is 0.0983 e. The number of halogens is 1. The molecule has 2 aromatic rings. The lowest BCUT2D eigenvalue weighted by Gasteiger charge is -2.42. The number of piperidine rings is 1. The zero-order valence-electron chi connectivity index (χ0n) is 14.1. The third-order valence-corrected chi connectivity index (χ3v) is 5.15. The number of likely N-dealkylation sites (tertiary alicyclic amines) is 1. The molecule has 1 saturated heterocycles. The lowest BCUT2D eigenvalue weighted by molar-refractivity contribution is 0.0900. The summed E-state index contributed by atoms with van der Waals surface area (Å²) in [7, 11) is 1.96. The van der Waals surface area contributed by atoms with Crippen molar-refractivity contribution in [3.05, 3.63) is 41.0 Å². The quantitative estimate of drug-likeness (QED) is 0.938. The summed E-state index contributed by atoms with van der Waals surface area (Å²) < 4.78 is 1.87. The first kappa shape index (κ1) is 16.5. The highest BCUT2D eigenvalue weighted by Gasteiger charge is 2.33. The third-order valence-electron chi connectivity index (χ3n) is 4.82. The predicted octanol–water partition coefficient (Wildman–Crippen LogP) is 3.30. The molecule has 4 nitrogen and oxygen atoms in total. The maximum atomic E-state index is 6.37. The van der Waals surface area contributed by atoms with Crippen LogP contribution in [0.25, 0.3) is 11.3 Å². The van der Waals surface area contributed by atoms with Crippen LogP contribution in [-0.2, 0) is 13.6 Å². The Morgan fingerprint density at radius 3 is 2.78 bits per heavy atom. The number of nitrogens with two attached hydrogens (primary N) is 1. The first-order valence-electron chi connectivity index (χ1n) is 8.12. The SMILES string of the molecule is Cn1cc(CN2CCC(N)C(C)(C)C2)c(-c2ccccc2Cl)n1. The number of hydrogen-bond donors (Lipinski definition) is 1. The smallest absolute Gasteiger partial charge is 0.0983 e. The van der Waals surface area contributed by atoms with E-state index >= 15 is 0 Å². The molecule has 5 heteroatoms. The van der Waals surface area contributed by atoms with Gasteiger partial charge in [0.1, 0.15) is 0 Å². The number of nitrogens with zero attached hydrogens (tertiary/aromatic N) is 3. The fraction of sp³-hybridized carbons (Fsp3) is 0.500. The van der Waals surface area contributed by atoms with Crippen molar-refractivity contribution in [2.24, 2.45) is 18.2 Å². The summed E-state index contributed by atoms with van der Waals surface area (Å²) in [5.74, 6) is 0. The van der Waals surface area contributed by atoms with E-state index in [0.29, 0.717) is 0 Å². The lowest BCUT2D eigenvalue weighted by atomic mass is 9.79. The Kier molecular flexibility index (Phi) is 4.50. The molecule has 124 valence electrons. The van der Waals surface area contributed by atoms with E-state index in [1.165, 1.54) is 5.56 Å². The van der Waals surface area contributed by atoms with E-state index in [4.69, 9.17) is 17.3 Å². The van der Waals surface area contributed by atoms with Crippen LogP contribution in [0.15, 0.2) is 30.5 Å². The van der Waals surface area contributed by atoms with Crippen molar-refractivity contribution in [1.82, 2.24) is 14.7 Å². The molecule has 1 aromatic carbocycles. The van der Waals surface area contributed by atoms with Gasteiger partial charge in [-0.3, -0.25) is 9.58 Å². The minimum Gasteiger partial charge on any atom is -0.327 e. The Labute approximate surface area is 143 Å². The summed E-state index contributed by atoms with van der Waals surface area (Å²) in [5.41, 5.74) is 9.59. The van der Waals surface area contributed by atoms with Gasteiger partial charge in [-0.2, -0.15) is 5.10 Å². The van der Waals surface area contributed by atoms with Crippen molar-refractivity contribution >= 4 is 11.6 Å². The molecule has 0 radical (unpaired) electrons. The van der Waals surface area contributed by atoms with Gasteiger partial charge in [-0.15, -0.1) is 0 Å². The molecule has 0 aliphatic carbocycles. The van der Waals surface area contributed by atoms with Crippen LogP contribution >= 0.6 is 11.6 Å². The molecule has 0 spiro atoms. The van der Waals surface area contributed by atoms with E-state index in [2.05, 4.69) is 30.0 Å². The second-order valence-corrected chi connectivity index (χ2v) is 7.66. The highest BCUT2D eigenvalue weighted by Crippen LogP contribution is 2.32. The molecular formula is C18H25ClN4. The minimum absolute atomic E-state index is 0.144. The van der Waals surface area contributed by atoms with Crippen molar-refractivity contribution in [1.29, 1.82) is 0 Å². The van der Waals surface area contributed by atoms with Gasteiger partial charge >= 0.3 is 0 Å². The van der Waals surface area contributed by atoms with Crippen LogP contribution < -0.4 is 5.73 Å². The Morgan fingerprint density at radius 2 is 2.09 bits per heavy atom. The molecule has 0 bridgehead atoms. The zero-order chi connectivity index (χ0) is 16.6. The van der Waals surface area contributed by atoms with E-state index in [1.54, 1.807) is 0 Å². The van der Waals surface area contributed by atoms with Crippen LogP contribution in [-0.4, -0.2) is 33.8 Å². The van der Waals surface area contributed by atoms with E-state index in [1.807, 2.05) is 36.0 Å². The molecule has 1 aliphatic rings. The Hall–Kier alpha value is -1.36. The second-order valence-electron chi connectivity index (χ2n) is 7.25. The van der Waals surface area contributed by atoms with Gasteiger partial charge in [0.25, 0.3) is 0 Å².